The van der Waals surface area contributed by atoms with Crippen LogP contribution in [0.4, 0.5) is 5.69 Å². The van der Waals surface area contributed by atoms with Crippen molar-refractivity contribution in [3.8, 4) is 5.75 Å². The molecular formula is C27H27N5O5S. The van der Waals surface area contributed by atoms with Gasteiger partial charge in [0.15, 0.2) is 11.7 Å². The molecule has 0 saturated carbocycles. The fourth-order valence-corrected chi connectivity index (χ4v) is 4.64. The molecule has 4 aromatic rings. The smallest absolute Gasteiger partial charge is 0.270 e. The van der Waals surface area contributed by atoms with E-state index < -0.39 is 23.8 Å². The fourth-order valence-electron chi connectivity index (χ4n) is 3.87. The van der Waals surface area contributed by atoms with Crippen molar-refractivity contribution in [1.29, 1.82) is 0 Å². The molecule has 4 rings (SSSR count). The van der Waals surface area contributed by atoms with Crippen LogP contribution >= 0.6 is 11.5 Å². The van der Waals surface area contributed by atoms with Gasteiger partial charge in [-0.3, -0.25) is 14.4 Å². The highest BCUT2D eigenvalue weighted by Crippen LogP contribution is 2.31. The van der Waals surface area contributed by atoms with E-state index in [1.807, 2.05) is 42.5 Å². The first-order valence-corrected chi connectivity index (χ1v) is 12.4. The fraction of sp³-hybridized carbons (Fsp3) is 0.185. The number of carbonyl (C=O) groups is 3. The quantitative estimate of drug-likeness (QED) is 0.282. The second-order valence-corrected chi connectivity index (χ2v) is 9.25. The second-order valence-electron chi connectivity index (χ2n) is 8.47. The molecular weight excluding hydrogens is 506 g/mol. The van der Waals surface area contributed by atoms with E-state index in [1.165, 1.54) is 4.90 Å². The Morgan fingerprint density at radius 1 is 1.05 bits per heavy atom. The summed E-state index contributed by atoms with van der Waals surface area (Å²) in [6.45, 7) is 2.02. The van der Waals surface area contributed by atoms with Crippen molar-refractivity contribution in [3.63, 3.8) is 0 Å². The topological polar surface area (TPSA) is 154 Å². The molecule has 2 aromatic heterocycles. The van der Waals surface area contributed by atoms with Gasteiger partial charge < -0.3 is 30.8 Å². The number of amides is 3. The Bertz CT molecular complexity index is 1430. The van der Waals surface area contributed by atoms with Gasteiger partial charge in [-0.25, -0.2) is 0 Å². The number of anilines is 1. The van der Waals surface area contributed by atoms with Crippen LogP contribution in [0.15, 0.2) is 71.1 Å². The van der Waals surface area contributed by atoms with Crippen molar-refractivity contribution >= 4 is 34.9 Å². The summed E-state index contributed by atoms with van der Waals surface area (Å²) in [5.74, 6) is -0.345. The first-order chi connectivity index (χ1) is 18.3. The van der Waals surface area contributed by atoms with Crippen LogP contribution in [0, 0.1) is 6.92 Å². The minimum Gasteiger partial charge on any atom is -0.497 e. The van der Waals surface area contributed by atoms with Crippen molar-refractivity contribution in [2.45, 2.75) is 26.1 Å². The molecule has 2 aromatic carbocycles. The van der Waals surface area contributed by atoms with Crippen molar-refractivity contribution in [2.24, 2.45) is 5.73 Å². The minimum atomic E-state index is -1.15. The molecule has 11 heteroatoms. The number of furan rings is 1. The van der Waals surface area contributed by atoms with Crippen molar-refractivity contribution in [3.05, 3.63) is 99.9 Å². The predicted octanol–water partition coefficient (Wildman–Crippen LogP) is 3.43. The Kier molecular flexibility index (Phi) is 8.07. The lowest BCUT2D eigenvalue weighted by Gasteiger charge is -2.29. The Balaban J connectivity index is 1.71. The summed E-state index contributed by atoms with van der Waals surface area (Å²) in [4.78, 5) is 40.7. The van der Waals surface area contributed by atoms with Gasteiger partial charge in [0.05, 0.1) is 12.8 Å². The van der Waals surface area contributed by atoms with E-state index in [9.17, 15) is 14.4 Å². The highest BCUT2D eigenvalue weighted by atomic mass is 32.1. The number of hydrogen-bond donors (Lipinski definition) is 3. The molecule has 0 unspecified atom stereocenters. The molecule has 1 atom stereocenters. The van der Waals surface area contributed by atoms with Crippen molar-refractivity contribution in [2.75, 3.05) is 12.8 Å². The molecule has 38 heavy (non-hydrogen) atoms. The molecule has 2 heterocycles. The third kappa shape index (κ3) is 5.84. The Hall–Kier alpha value is -4.64. The SMILES string of the molecule is COc1ccc(CNC(=O)[C@H](c2ccc(C)o2)N(Cc2ccccc2)C(=O)c2snc(C(N)=O)c2N)cc1. The molecule has 0 aliphatic carbocycles. The molecule has 0 saturated heterocycles. The number of ether oxygens (including phenoxy) is 1. The average molecular weight is 534 g/mol. The second kappa shape index (κ2) is 11.6. The number of benzene rings is 2. The van der Waals surface area contributed by atoms with Gasteiger partial charge in [-0.05, 0) is 53.8 Å². The maximum atomic E-state index is 13.9. The molecule has 0 aliphatic heterocycles. The molecule has 0 fully saturated rings. The summed E-state index contributed by atoms with van der Waals surface area (Å²) < 4.78 is 15.0. The largest absolute Gasteiger partial charge is 0.497 e. The highest BCUT2D eigenvalue weighted by Gasteiger charge is 2.36. The number of nitrogens with one attached hydrogen (secondary N) is 1. The van der Waals surface area contributed by atoms with Gasteiger partial charge in [-0.1, -0.05) is 42.5 Å². The van der Waals surface area contributed by atoms with Gasteiger partial charge in [0.25, 0.3) is 17.7 Å². The lowest BCUT2D eigenvalue weighted by atomic mass is 10.1. The summed E-state index contributed by atoms with van der Waals surface area (Å²) in [5.41, 5.74) is 12.7. The lowest BCUT2D eigenvalue weighted by molar-refractivity contribution is -0.126. The number of nitrogens with two attached hydrogens (primary N) is 2. The van der Waals surface area contributed by atoms with Gasteiger partial charge in [0, 0.05) is 13.1 Å². The van der Waals surface area contributed by atoms with Crippen LogP contribution in [0.1, 0.15) is 48.8 Å². The maximum Gasteiger partial charge on any atom is 0.270 e. The van der Waals surface area contributed by atoms with E-state index in [4.69, 9.17) is 20.6 Å². The summed E-state index contributed by atoms with van der Waals surface area (Å²) in [6, 6.07) is 18.7. The van der Waals surface area contributed by atoms with Crippen LogP contribution in [0.25, 0.3) is 0 Å². The number of nitrogen functional groups attached to an aromatic ring is 1. The van der Waals surface area contributed by atoms with E-state index in [0.29, 0.717) is 11.5 Å². The third-order valence-corrected chi connectivity index (χ3v) is 6.68. The van der Waals surface area contributed by atoms with Gasteiger partial charge in [0.2, 0.25) is 0 Å². The molecule has 0 spiro atoms. The first-order valence-electron chi connectivity index (χ1n) is 11.6. The van der Waals surface area contributed by atoms with Gasteiger partial charge >= 0.3 is 0 Å². The summed E-state index contributed by atoms with van der Waals surface area (Å²) in [7, 11) is 1.58. The highest BCUT2D eigenvalue weighted by molar-refractivity contribution is 7.09. The number of rotatable bonds is 10. The maximum absolute atomic E-state index is 13.9. The number of primary amides is 1. The number of carbonyl (C=O) groups excluding carboxylic acids is 3. The Labute approximate surface area is 223 Å². The Morgan fingerprint density at radius 3 is 2.34 bits per heavy atom. The monoisotopic (exact) mass is 533 g/mol. The number of methoxy groups -OCH3 is 1. The Morgan fingerprint density at radius 2 is 1.76 bits per heavy atom. The van der Waals surface area contributed by atoms with Gasteiger partial charge in [-0.2, -0.15) is 4.37 Å². The number of nitrogens with zero attached hydrogens (tertiary/aromatic N) is 2. The normalized spacial score (nSPS) is 11.5. The van der Waals surface area contributed by atoms with Crippen LogP contribution in [-0.4, -0.2) is 34.1 Å². The van der Waals surface area contributed by atoms with Gasteiger partial charge in [-0.15, -0.1) is 0 Å². The standard InChI is InChI=1S/C27H27N5O5S/c1-16-8-13-20(37-16)23(26(34)30-14-17-9-11-19(36-2)12-10-17)32(15-18-6-4-3-5-7-18)27(35)24-21(28)22(25(29)33)31-38-24/h3-13,23H,14-15,28H2,1-2H3,(H2,29,33)(H,30,34)/t23-/m0/s1. The van der Waals surface area contributed by atoms with E-state index in [1.54, 1.807) is 38.3 Å². The van der Waals surface area contributed by atoms with E-state index >= 15 is 0 Å². The zero-order chi connectivity index (χ0) is 27.2. The summed E-state index contributed by atoms with van der Waals surface area (Å²) in [6.07, 6.45) is 0. The average Bonchev–Trinajstić information content (AvgIpc) is 3.52. The molecule has 196 valence electrons. The van der Waals surface area contributed by atoms with Gasteiger partial charge in [0.1, 0.15) is 22.1 Å². The molecule has 0 bridgehead atoms. The summed E-state index contributed by atoms with van der Waals surface area (Å²) in [5, 5.41) is 2.90. The van der Waals surface area contributed by atoms with E-state index in [0.717, 1.165) is 22.7 Å². The number of aryl methyl sites for hydroxylation is 1. The molecule has 10 nitrogen and oxygen atoms in total. The minimum absolute atomic E-state index is 0.00552. The summed E-state index contributed by atoms with van der Waals surface area (Å²) >= 11 is 0.753. The van der Waals surface area contributed by atoms with Crippen LogP contribution in [0.3, 0.4) is 0 Å². The molecule has 5 N–H and O–H groups in total. The number of hydrogen-bond acceptors (Lipinski definition) is 8. The van der Waals surface area contributed by atoms with Crippen LogP contribution in [0.2, 0.25) is 0 Å². The molecule has 0 aliphatic rings. The van der Waals surface area contributed by atoms with Crippen LogP contribution in [0.5, 0.6) is 5.75 Å². The van der Waals surface area contributed by atoms with Crippen molar-refractivity contribution in [1.82, 2.24) is 14.6 Å². The zero-order valence-corrected chi connectivity index (χ0v) is 21.7. The third-order valence-electron chi connectivity index (χ3n) is 5.83. The first kappa shape index (κ1) is 26.4. The lowest BCUT2D eigenvalue weighted by Crippen LogP contribution is -2.43. The van der Waals surface area contributed by atoms with E-state index in [-0.39, 0.29) is 35.1 Å². The molecule has 0 radical (unpaired) electrons. The molecule has 3 amide bonds. The zero-order valence-electron chi connectivity index (χ0n) is 20.8. The number of aromatic nitrogens is 1. The predicted molar refractivity (Wildman–Crippen MR) is 142 cm³/mol. The van der Waals surface area contributed by atoms with E-state index in [2.05, 4.69) is 9.69 Å². The van der Waals surface area contributed by atoms with Crippen LogP contribution < -0.4 is 21.5 Å². The van der Waals surface area contributed by atoms with Crippen molar-refractivity contribution < 1.29 is 23.5 Å². The van der Waals surface area contributed by atoms with Crippen LogP contribution in [-0.2, 0) is 17.9 Å².